The van der Waals surface area contributed by atoms with Gasteiger partial charge in [-0.05, 0) is 64.8 Å². The van der Waals surface area contributed by atoms with Gasteiger partial charge in [-0.1, -0.05) is 121 Å². The van der Waals surface area contributed by atoms with Gasteiger partial charge in [0.25, 0.3) is 0 Å². The summed E-state index contributed by atoms with van der Waals surface area (Å²) >= 11 is 0. The second-order valence-corrected chi connectivity index (χ2v) is 12.2. The van der Waals surface area contributed by atoms with E-state index in [1.165, 1.54) is 0 Å². The van der Waals surface area contributed by atoms with Crippen LogP contribution in [0.25, 0.3) is 22.3 Å². The second kappa shape index (κ2) is 12.3. The molecule has 4 aromatic carbocycles. The molecular weight excluding hydrogens is 613 g/mol. The average Bonchev–Trinajstić information content (AvgIpc) is 4.00. The van der Waals surface area contributed by atoms with Gasteiger partial charge in [0.05, 0.1) is 45.6 Å². The minimum Gasteiger partial charge on any atom is -0.298 e. The molecule has 50 heavy (non-hydrogen) atoms. The van der Waals surface area contributed by atoms with Crippen LogP contribution in [0.1, 0.15) is 22.3 Å². The second-order valence-electron chi connectivity index (χ2n) is 12.2. The van der Waals surface area contributed by atoms with Gasteiger partial charge in [-0.3, -0.25) is 4.79 Å². The van der Waals surface area contributed by atoms with Crippen LogP contribution in [-0.4, -0.2) is 29.1 Å². The smallest absolute Gasteiger partial charge is 0.152 e. The first kappa shape index (κ1) is 29.3. The molecule has 0 spiro atoms. The van der Waals surface area contributed by atoms with E-state index in [-0.39, 0.29) is 0 Å². The number of benzene rings is 4. The molecule has 8 bridgehead atoms. The van der Waals surface area contributed by atoms with Crippen molar-refractivity contribution < 1.29 is 4.79 Å². The van der Waals surface area contributed by atoms with E-state index in [0.717, 1.165) is 85.1 Å². The number of hydrogen-bond donors (Lipinski definition) is 0. The highest BCUT2D eigenvalue weighted by Gasteiger charge is 2.29. The van der Waals surface area contributed by atoms with Crippen LogP contribution < -0.4 is 0 Å². The third-order valence-electron chi connectivity index (χ3n) is 9.12. The number of fused-ring (bicyclic) bond motifs is 4. The number of aliphatic imine (C=N–C) groups is 4. The molecule has 0 fully saturated rings. The summed E-state index contributed by atoms with van der Waals surface area (Å²) in [6.07, 6.45) is 15.0. The molecule has 0 saturated heterocycles. The lowest BCUT2D eigenvalue weighted by Gasteiger charge is -2.13. The van der Waals surface area contributed by atoms with Crippen molar-refractivity contribution in [2.45, 2.75) is 0 Å². The maximum absolute atomic E-state index is 12.9. The lowest BCUT2D eigenvalue weighted by molar-refractivity contribution is -0.104. The van der Waals surface area contributed by atoms with E-state index >= 15 is 0 Å². The predicted molar refractivity (Wildman–Crippen MR) is 205 cm³/mol. The molecule has 234 valence electrons. The Balaban J connectivity index is 1.40. The SMILES string of the molecule is O=CC1=CC2=C(c3ccccc3)C3=NC(=C(c4ccccc4)C4=NC(=C(c5ccccc5)C5=NC(=C(c6ccccc6)C1=N2)C=C5)C=C4)C=C3. The van der Waals surface area contributed by atoms with Crippen molar-refractivity contribution in [1.82, 2.24) is 0 Å². The lowest BCUT2D eigenvalue weighted by Crippen LogP contribution is -2.07. The number of carbonyl (C=O) groups is 1. The summed E-state index contributed by atoms with van der Waals surface area (Å²) < 4.78 is 0. The van der Waals surface area contributed by atoms with Crippen molar-refractivity contribution in [1.29, 1.82) is 0 Å². The fraction of sp³-hybridized carbons (Fsp3) is 0. The first-order valence-electron chi connectivity index (χ1n) is 16.5. The molecule has 5 nitrogen and oxygen atoms in total. The highest BCUT2D eigenvalue weighted by atomic mass is 16.1. The maximum Gasteiger partial charge on any atom is 0.152 e. The molecule has 0 amide bonds. The zero-order valence-electron chi connectivity index (χ0n) is 26.9. The van der Waals surface area contributed by atoms with Crippen molar-refractivity contribution in [3.05, 3.63) is 214 Å². The topological polar surface area (TPSA) is 66.5 Å². The van der Waals surface area contributed by atoms with Gasteiger partial charge in [-0.25, -0.2) is 20.0 Å². The number of rotatable bonds is 5. The molecular formula is C45H28N4O. The van der Waals surface area contributed by atoms with Gasteiger partial charge >= 0.3 is 0 Å². The molecule has 4 aromatic rings. The quantitative estimate of drug-likeness (QED) is 0.201. The molecule has 0 unspecified atom stereocenters. The molecule has 5 aliphatic heterocycles. The Morgan fingerprint density at radius 1 is 0.360 bits per heavy atom. The van der Waals surface area contributed by atoms with E-state index in [0.29, 0.717) is 17.0 Å². The van der Waals surface area contributed by atoms with Crippen LogP contribution in [0.2, 0.25) is 0 Å². The third kappa shape index (κ3) is 5.09. The van der Waals surface area contributed by atoms with Crippen molar-refractivity contribution in [3.8, 4) is 0 Å². The Hall–Kier alpha value is -6.85. The van der Waals surface area contributed by atoms with Gasteiger partial charge in [0, 0.05) is 27.9 Å². The Bertz CT molecular complexity index is 2410. The molecule has 0 aromatic heterocycles. The number of hydrogen-bond acceptors (Lipinski definition) is 5. The summed E-state index contributed by atoms with van der Waals surface area (Å²) in [6, 6.07) is 40.6. The fourth-order valence-corrected chi connectivity index (χ4v) is 6.88. The lowest BCUT2D eigenvalue weighted by atomic mass is 9.95. The van der Waals surface area contributed by atoms with Crippen LogP contribution in [0, 0.1) is 0 Å². The van der Waals surface area contributed by atoms with Crippen LogP contribution in [-0.2, 0) is 4.79 Å². The predicted octanol–water partition coefficient (Wildman–Crippen LogP) is 9.26. The normalized spacial score (nSPS) is 17.7. The minimum absolute atomic E-state index is 0.485. The summed E-state index contributed by atoms with van der Waals surface area (Å²) in [4.78, 5) is 33.9. The van der Waals surface area contributed by atoms with E-state index in [1.54, 1.807) is 0 Å². The molecule has 5 heteroatoms. The zero-order chi connectivity index (χ0) is 33.4. The van der Waals surface area contributed by atoms with Crippen LogP contribution >= 0.6 is 0 Å². The Kier molecular flexibility index (Phi) is 7.21. The summed E-state index contributed by atoms with van der Waals surface area (Å²) in [5.41, 5.74) is 13.7. The maximum atomic E-state index is 12.9. The highest BCUT2D eigenvalue weighted by molar-refractivity contribution is 6.43. The van der Waals surface area contributed by atoms with Gasteiger partial charge in [0.2, 0.25) is 0 Å². The van der Waals surface area contributed by atoms with Gasteiger partial charge < -0.3 is 0 Å². The summed E-state index contributed by atoms with van der Waals surface area (Å²) in [5.74, 6) is 0. The average molecular weight is 641 g/mol. The molecule has 5 heterocycles. The largest absolute Gasteiger partial charge is 0.298 e. The first-order valence-corrected chi connectivity index (χ1v) is 16.5. The van der Waals surface area contributed by atoms with Crippen LogP contribution in [0.3, 0.4) is 0 Å². The van der Waals surface area contributed by atoms with Crippen LogP contribution in [0.5, 0.6) is 0 Å². The molecule has 0 aliphatic carbocycles. The van der Waals surface area contributed by atoms with Crippen LogP contribution in [0.15, 0.2) is 212 Å². The van der Waals surface area contributed by atoms with Gasteiger partial charge in [0.15, 0.2) is 6.29 Å². The number of allylic oxidation sites excluding steroid dienone is 12. The number of aldehydes is 1. The van der Waals surface area contributed by atoms with E-state index in [4.69, 9.17) is 20.0 Å². The molecule has 5 aliphatic rings. The Labute approximate surface area is 289 Å². The standard InChI is InChI=1S/C45H28N4O/c50-28-33-27-40-43(31-17-9-3-10-18-31)38-24-23-36(47-38)41(29-13-5-1-6-14-29)34-21-22-35(46-34)42(30-15-7-2-8-16-30)37-25-26-39(48-37)44(45(33)49-40)32-19-11-4-12-20-32/h1-28H. The molecule has 9 rings (SSSR count). The van der Waals surface area contributed by atoms with E-state index in [9.17, 15) is 4.79 Å². The van der Waals surface area contributed by atoms with Gasteiger partial charge in [0.1, 0.15) is 0 Å². The van der Waals surface area contributed by atoms with E-state index in [1.807, 2.05) is 115 Å². The van der Waals surface area contributed by atoms with E-state index < -0.39 is 0 Å². The minimum atomic E-state index is 0.485. The summed E-state index contributed by atoms with van der Waals surface area (Å²) in [6.45, 7) is 0. The Morgan fingerprint density at radius 2 is 0.700 bits per heavy atom. The van der Waals surface area contributed by atoms with Crippen molar-refractivity contribution >= 4 is 51.4 Å². The fourth-order valence-electron chi connectivity index (χ4n) is 6.88. The molecule has 0 saturated carbocycles. The van der Waals surface area contributed by atoms with Gasteiger partial charge in [-0.2, -0.15) is 0 Å². The van der Waals surface area contributed by atoms with E-state index in [2.05, 4.69) is 48.6 Å². The van der Waals surface area contributed by atoms with Crippen molar-refractivity contribution in [2.75, 3.05) is 0 Å². The summed E-state index contributed by atoms with van der Waals surface area (Å²) in [7, 11) is 0. The number of carbonyl (C=O) groups excluding carboxylic acids is 1. The highest BCUT2D eigenvalue weighted by Crippen LogP contribution is 2.39. The molecule has 0 atom stereocenters. The Morgan fingerprint density at radius 3 is 1.08 bits per heavy atom. The monoisotopic (exact) mass is 640 g/mol. The van der Waals surface area contributed by atoms with Gasteiger partial charge in [-0.15, -0.1) is 0 Å². The summed E-state index contributed by atoms with van der Waals surface area (Å²) in [5, 5.41) is 0. The third-order valence-corrected chi connectivity index (χ3v) is 9.12. The molecule has 0 N–H and O–H groups in total. The number of nitrogens with zero attached hydrogens (tertiary/aromatic N) is 4. The van der Waals surface area contributed by atoms with Crippen molar-refractivity contribution in [3.63, 3.8) is 0 Å². The molecule has 0 radical (unpaired) electrons. The van der Waals surface area contributed by atoms with Crippen molar-refractivity contribution in [2.24, 2.45) is 20.0 Å². The first-order chi connectivity index (χ1) is 24.7. The zero-order valence-corrected chi connectivity index (χ0v) is 26.9. The van der Waals surface area contributed by atoms with Crippen LogP contribution in [0.4, 0.5) is 0 Å².